The largest absolute Gasteiger partial charge is 0.365 e. The maximum atomic E-state index is 11.9. The molecule has 0 spiro atoms. The monoisotopic (exact) mass is 327 g/mol. The van der Waals surface area contributed by atoms with Crippen molar-refractivity contribution < 1.29 is 0 Å². The first kappa shape index (κ1) is 14.7. The van der Waals surface area contributed by atoms with E-state index >= 15 is 0 Å². The molecular weight excluding hydrogens is 310 g/mol. The Balaban J connectivity index is 1.69. The van der Waals surface area contributed by atoms with Crippen molar-refractivity contribution in [2.45, 2.75) is 12.2 Å². The lowest BCUT2D eigenvalue weighted by molar-refractivity contribution is 0.392. The first-order chi connectivity index (χ1) is 10.1. The van der Waals surface area contributed by atoms with Gasteiger partial charge in [-0.05, 0) is 0 Å². The number of aliphatic imine (C=N–C) groups is 1. The molecule has 0 aromatic carbocycles. The van der Waals surface area contributed by atoms with Crippen LogP contribution in [0.4, 0.5) is 5.69 Å². The average Bonchev–Trinajstić information content (AvgIpc) is 2.92. The van der Waals surface area contributed by atoms with E-state index in [0.717, 1.165) is 43.6 Å². The van der Waals surface area contributed by atoms with Gasteiger partial charge in [-0.1, -0.05) is 30.3 Å². The van der Waals surface area contributed by atoms with E-state index in [1.807, 2.05) is 11.8 Å². The summed E-state index contributed by atoms with van der Waals surface area (Å²) in [5.74, 6) is 0. The molecular formula is C13H18ClN5OS. The van der Waals surface area contributed by atoms with Gasteiger partial charge in [0.05, 0.1) is 18.4 Å². The Hall–Kier alpha value is -1.21. The maximum Gasteiger partial charge on any atom is 0.287 e. The molecule has 0 radical (unpaired) electrons. The van der Waals surface area contributed by atoms with Crippen molar-refractivity contribution in [2.75, 3.05) is 37.6 Å². The van der Waals surface area contributed by atoms with Crippen molar-refractivity contribution in [1.82, 2.24) is 14.7 Å². The van der Waals surface area contributed by atoms with E-state index in [9.17, 15) is 4.79 Å². The Kier molecular flexibility index (Phi) is 4.12. The molecule has 0 N–H and O–H groups in total. The number of piperazine rings is 1. The molecule has 0 aliphatic carbocycles. The first-order valence-electron chi connectivity index (χ1n) is 6.99. The summed E-state index contributed by atoms with van der Waals surface area (Å²) < 4.78 is 1.26. The van der Waals surface area contributed by atoms with Crippen molar-refractivity contribution >= 4 is 34.2 Å². The van der Waals surface area contributed by atoms with Gasteiger partial charge in [-0.15, -0.1) is 0 Å². The van der Waals surface area contributed by atoms with Crippen LogP contribution in [0.15, 0.2) is 16.0 Å². The highest BCUT2D eigenvalue weighted by atomic mass is 35.5. The van der Waals surface area contributed by atoms with Crippen molar-refractivity contribution in [3.63, 3.8) is 0 Å². The fourth-order valence-corrected chi connectivity index (χ4v) is 3.78. The third-order valence-electron chi connectivity index (χ3n) is 3.74. The van der Waals surface area contributed by atoms with E-state index in [-0.39, 0.29) is 10.6 Å². The molecule has 0 amide bonds. The van der Waals surface area contributed by atoms with Crippen LogP contribution in [0.5, 0.6) is 0 Å². The zero-order valence-electron chi connectivity index (χ0n) is 12.1. The Morgan fingerprint density at radius 1 is 1.29 bits per heavy atom. The van der Waals surface area contributed by atoms with Crippen LogP contribution in [0.25, 0.3) is 0 Å². The quantitative estimate of drug-likeness (QED) is 0.771. The number of nitrogens with zero attached hydrogens (tertiary/aromatic N) is 5. The lowest BCUT2D eigenvalue weighted by Gasteiger charge is -2.36. The summed E-state index contributed by atoms with van der Waals surface area (Å²) in [5, 5.41) is 6.04. The Labute approximate surface area is 132 Å². The Morgan fingerprint density at radius 3 is 2.57 bits per heavy atom. The fraction of sp³-hybridized carbons (Fsp3) is 0.615. The maximum absolute atomic E-state index is 11.9. The molecule has 21 heavy (non-hydrogen) atoms. The highest BCUT2D eigenvalue weighted by molar-refractivity contribution is 8.14. The second kappa shape index (κ2) is 5.88. The van der Waals surface area contributed by atoms with Gasteiger partial charge in [0.2, 0.25) is 0 Å². The highest BCUT2D eigenvalue weighted by Gasteiger charge is 2.26. The number of rotatable bonds is 1. The summed E-state index contributed by atoms with van der Waals surface area (Å²) in [6, 6.07) is 0. The molecule has 1 saturated heterocycles. The molecule has 6 nitrogen and oxygen atoms in total. The normalized spacial score (nSPS) is 22.6. The van der Waals surface area contributed by atoms with Crippen molar-refractivity contribution in [3.8, 4) is 0 Å². The average molecular weight is 328 g/mol. The Morgan fingerprint density at radius 2 is 1.95 bits per heavy atom. The lowest BCUT2D eigenvalue weighted by Crippen LogP contribution is -2.48. The zero-order chi connectivity index (χ0) is 15.0. The summed E-state index contributed by atoms with van der Waals surface area (Å²) in [5.41, 5.74) is 0.481. The van der Waals surface area contributed by atoms with Gasteiger partial charge in [0.1, 0.15) is 5.02 Å². The molecule has 0 saturated carbocycles. The van der Waals surface area contributed by atoms with E-state index in [1.165, 1.54) is 4.68 Å². The molecule has 0 unspecified atom stereocenters. The number of halogens is 1. The van der Waals surface area contributed by atoms with Crippen molar-refractivity contribution in [1.29, 1.82) is 0 Å². The van der Waals surface area contributed by atoms with Gasteiger partial charge in [-0.2, -0.15) is 5.10 Å². The second-order valence-electron chi connectivity index (χ2n) is 5.30. The number of thioether (sulfide) groups is 1. The van der Waals surface area contributed by atoms with Crippen LogP contribution in [0.2, 0.25) is 5.02 Å². The van der Waals surface area contributed by atoms with Crippen LogP contribution in [-0.4, -0.2) is 57.8 Å². The molecule has 3 rings (SSSR count). The Bertz CT molecular complexity index is 623. The van der Waals surface area contributed by atoms with Crippen LogP contribution < -0.4 is 10.5 Å². The standard InChI is InChI=1S/C13H18ClN5OS/c1-9-7-15-13(21-9)19-5-3-18(4-6-19)10-8-16-17(2)12(20)11(10)14/h8-9H,3-7H2,1-2H3/t9-/m0/s1. The van der Waals surface area contributed by atoms with E-state index in [4.69, 9.17) is 11.6 Å². The fourth-order valence-electron chi connectivity index (χ4n) is 2.50. The minimum Gasteiger partial charge on any atom is -0.365 e. The number of aromatic nitrogens is 2. The third-order valence-corrected chi connectivity index (χ3v) is 5.25. The van der Waals surface area contributed by atoms with E-state index in [2.05, 4.69) is 26.8 Å². The lowest BCUT2D eigenvalue weighted by atomic mass is 10.3. The summed E-state index contributed by atoms with van der Waals surface area (Å²) in [6.45, 7) is 6.53. The minimum atomic E-state index is -0.249. The van der Waals surface area contributed by atoms with Crippen molar-refractivity contribution in [3.05, 3.63) is 21.6 Å². The number of anilines is 1. The molecule has 1 aromatic heterocycles. The van der Waals surface area contributed by atoms with Gasteiger partial charge in [0.25, 0.3) is 5.56 Å². The summed E-state index contributed by atoms with van der Waals surface area (Å²) in [7, 11) is 1.60. The molecule has 0 bridgehead atoms. The number of hydrogen-bond donors (Lipinski definition) is 0. The van der Waals surface area contributed by atoms with Gasteiger partial charge in [0, 0.05) is 38.5 Å². The highest BCUT2D eigenvalue weighted by Crippen LogP contribution is 2.26. The minimum absolute atomic E-state index is 0.249. The molecule has 1 fully saturated rings. The number of amidine groups is 1. The van der Waals surface area contributed by atoms with Gasteiger partial charge < -0.3 is 9.80 Å². The van der Waals surface area contributed by atoms with Crippen LogP contribution >= 0.6 is 23.4 Å². The van der Waals surface area contributed by atoms with Gasteiger partial charge in [0.15, 0.2) is 5.17 Å². The van der Waals surface area contributed by atoms with Crippen LogP contribution in [-0.2, 0) is 7.05 Å². The molecule has 2 aliphatic heterocycles. The van der Waals surface area contributed by atoms with Crippen LogP contribution in [0, 0.1) is 0 Å². The number of hydrogen-bond acceptors (Lipinski definition) is 6. The first-order valence-corrected chi connectivity index (χ1v) is 8.25. The molecule has 1 aromatic rings. The summed E-state index contributed by atoms with van der Waals surface area (Å²) >= 11 is 8.00. The summed E-state index contributed by atoms with van der Waals surface area (Å²) in [6.07, 6.45) is 1.67. The third kappa shape index (κ3) is 2.89. The van der Waals surface area contributed by atoms with Crippen LogP contribution in [0.1, 0.15) is 6.92 Å². The SMILES string of the molecule is C[C@H]1CN=C(N2CCN(c3cnn(C)c(=O)c3Cl)CC2)S1. The molecule has 2 aliphatic rings. The number of aryl methyl sites for hydroxylation is 1. The van der Waals surface area contributed by atoms with Crippen molar-refractivity contribution in [2.24, 2.45) is 12.0 Å². The summed E-state index contributed by atoms with van der Waals surface area (Å²) in [4.78, 5) is 20.9. The molecule has 114 valence electrons. The van der Waals surface area contributed by atoms with Gasteiger partial charge in [-0.25, -0.2) is 4.68 Å². The molecule has 1 atom stereocenters. The predicted molar refractivity (Wildman–Crippen MR) is 87.6 cm³/mol. The van der Waals surface area contributed by atoms with E-state index in [0.29, 0.717) is 5.25 Å². The van der Waals surface area contributed by atoms with Gasteiger partial charge in [-0.3, -0.25) is 9.79 Å². The second-order valence-corrected chi connectivity index (χ2v) is 7.08. The zero-order valence-corrected chi connectivity index (χ0v) is 13.7. The smallest absolute Gasteiger partial charge is 0.287 e. The van der Waals surface area contributed by atoms with Gasteiger partial charge >= 0.3 is 0 Å². The topological polar surface area (TPSA) is 53.7 Å². The van der Waals surface area contributed by atoms with E-state index in [1.54, 1.807) is 13.2 Å². The molecule has 3 heterocycles. The predicted octanol–water partition coefficient (Wildman–Crippen LogP) is 1.05. The molecule has 8 heteroatoms. The van der Waals surface area contributed by atoms with E-state index < -0.39 is 0 Å². The van der Waals surface area contributed by atoms with Crippen LogP contribution in [0.3, 0.4) is 0 Å².